The minimum atomic E-state index is -0.848. The van der Waals surface area contributed by atoms with Gasteiger partial charge in [-0.3, -0.25) is 0 Å². The molecule has 4 bridgehead atoms. The van der Waals surface area contributed by atoms with E-state index in [0.717, 1.165) is 25.7 Å². The first-order valence-electron chi connectivity index (χ1n) is 5.21. The number of aliphatic hydroxyl groups excluding tert-OH is 1. The van der Waals surface area contributed by atoms with E-state index in [4.69, 9.17) is 5.73 Å². The molecule has 3 heteroatoms. The fourth-order valence-corrected chi connectivity index (χ4v) is 4.17. The lowest BCUT2D eigenvalue weighted by atomic mass is 9.50. The minimum Gasteiger partial charge on any atom is -0.388 e. The van der Waals surface area contributed by atoms with Gasteiger partial charge in [0, 0.05) is 5.54 Å². The van der Waals surface area contributed by atoms with Crippen LogP contribution in [-0.2, 0) is 0 Å². The van der Waals surface area contributed by atoms with Gasteiger partial charge in [-0.1, -0.05) is 0 Å². The van der Waals surface area contributed by atoms with E-state index in [-0.39, 0.29) is 0 Å². The molecular weight excluding hydrogens is 166 g/mol. The molecule has 0 aliphatic heterocycles. The van der Waals surface area contributed by atoms with Crippen LogP contribution in [0.2, 0.25) is 0 Å². The van der Waals surface area contributed by atoms with Crippen molar-refractivity contribution in [2.24, 2.45) is 17.6 Å². The molecule has 0 spiro atoms. The fourth-order valence-electron chi connectivity index (χ4n) is 4.17. The Balaban J connectivity index is 2.03. The van der Waals surface area contributed by atoms with Crippen molar-refractivity contribution in [3.63, 3.8) is 0 Å². The Labute approximate surface area is 77.9 Å². The highest BCUT2D eigenvalue weighted by Gasteiger charge is 2.61. The maximum Gasteiger partial charge on any atom is 0.101 e. The SMILES string of the molecule is NC12CC3CC(C1)CC(O)(C3)C2O. The van der Waals surface area contributed by atoms with Crippen LogP contribution >= 0.6 is 0 Å². The molecule has 4 N–H and O–H groups in total. The zero-order chi connectivity index (χ0) is 9.27. The van der Waals surface area contributed by atoms with Gasteiger partial charge in [0.2, 0.25) is 0 Å². The van der Waals surface area contributed by atoms with Crippen LogP contribution in [0.5, 0.6) is 0 Å². The molecule has 4 aliphatic rings. The summed E-state index contributed by atoms with van der Waals surface area (Å²) in [5.74, 6) is 1.12. The average molecular weight is 183 g/mol. The zero-order valence-electron chi connectivity index (χ0n) is 7.74. The monoisotopic (exact) mass is 183 g/mol. The molecule has 0 radical (unpaired) electrons. The first-order valence-corrected chi connectivity index (χ1v) is 5.21. The van der Waals surface area contributed by atoms with Crippen molar-refractivity contribution >= 4 is 0 Å². The van der Waals surface area contributed by atoms with Gasteiger partial charge in [0.1, 0.15) is 6.10 Å². The number of hydrogen-bond acceptors (Lipinski definition) is 3. The summed E-state index contributed by atoms with van der Waals surface area (Å²) >= 11 is 0. The van der Waals surface area contributed by atoms with Crippen LogP contribution in [0.4, 0.5) is 0 Å². The van der Waals surface area contributed by atoms with Crippen LogP contribution < -0.4 is 5.73 Å². The van der Waals surface area contributed by atoms with Crippen molar-refractivity contribution in [1.29, 1.82) is 0 Å². The van der Waals surface area contributed by atoms with Crippen molar-refractivity contribution in [1.82, 2.24) is 0 Å². The summed E-state index contributed by atoms with van der Waals surface area (Å²) in [6, 6.07) is 0. The molecule has 4 fully saturated rings. The molecular formula is C10H17NO2. The summed E-state index contributed by atoms with van der Waals surface area (Å²) in [5, 5.41) is 20.2. The van der Waals surface area contributed by atoms with E-state index in [9.17, 15) is 10.2 Å². The second-order valence-electron chi connectivity index (χ2n) is 5.52. The van der Waals surface area contributed by atoms with Crippen LogP contribution in [0.15, 0.2) is 0 Å². The Hall–Kier alpha value is -0.120. The van der Waals surface area contributed by atoms with Gasteiger partial charge in [0.05, 0.1) is 5.60 Å². The molecule has 3 unspecified atom stereocenters. The molecule has 4 aliphatic carbocycles. The van der Waals surface area contributed by atoms with Crippen molar-refractivity contribution in [2.75, 3.05) is 0 Å². The lowest BCUT2D eigenvalue weighted by Crippen LogP contribution is -2.72. The number of nitrogens with two attached hydrogens (primary N) is 1. The lowest BCUT2D eigenvalue weighted by Gasteiger charge is -2.61. The number of rotatable bonds is 0. The van der Waals surface area contributed by atoms with Gasteiger partial charge in [0.25, 0.3) is 0 Å². The molecule has 0 aromatic rings. The first kappa shape index (κ1) is 8.21. The van der Waals surface area contributed by atoms with Crippen molar-refractivity contribution in [3.05, 3.63) is 0 Å². The third kappa shape index (κ3) is 0.901. The van der Waals surface area contributed by atoms with Crippen LogP contribution in [0.3, 0.4) is 0 Å². The molecule has 74 valence electrons. The van der Waals surface area contributed by atoms with Crippen LogP contribution in [0.25, 0.3) is 0 Å². The van der Waals surface area contributed by atoms with E-state index in [0.29, 0.717) is 11.8 Å². The topological polar surface area (TPSA) is 66.5 Å². The molecule has 3 atom stereocenters. The number of aliphatic hydroxyl groups is 2. The van der Waals surface area contributed by atoms with Gasteiger partial charge in [-0.2, -0.15) is 0 Å². The Bertz CT molecular complexity index is 217. The normalized spacial score (nSPS) is 64.4. The standard InChI is InChI=1S/C10H17NO2/c11-9-2-6-1-7(3-9)5-10(13,4-6)8(9)12/h6-8,12-13H,1-5,11H2. The maximum atomic E-state index is 10.2. The highest BCUT2D eigenvalue weighted by molar-refractivity contribution is 5.16. The zero-order valence-corrected chi connectivity index (χ0v) is 7.74. The summed E-state index contributed by atoms with van der Waals surface area (Å²) in [6.45, 7) is 0. The van der Waals surface area contributed by atoms with Gasteiger partial charge in [-0.05, 0) is 43.9 Å². The van der Waals surface area contributed by atoms with Gasteiger partial charge < -0.3 is 15.9 Å². The molecule has 0 aromatic carbocycles. The summed E-state index contributed by atoms with van der Waals surface area (Å²) in [7, 11) is 0. The molecule has 4 saturated carbocycles. The summed E-state index contributed by atoms with van der Waals surface area (Å²) < 4.78 is 0. The molecule has 13 heavy (non-hydrogen) atoms. The molecule has 3 nitrogen and oxygen atoms in total. The third-order valence-corrected chi connectivity index (χ3v) is 4.34. The summed E-state index contributed by atoms with van der Waals surface area (Å²) in [4.78, 5) is 0. The van der Waals surface area contributed by atoms with Gasteiger partial charge in [0.15, 0.2) is 0 Å². The second kappa shape index (κ2) is 2.10. The van der Waals surface area contributed by atoms with Crippen LogP contribution in [0.1, 0.15) is 32.1 Å². The molecule has 0 heterocycles. The highest BCUT2D eigenvalue weighted by atomic mass is 16.3. The van der Waals surface area contributed by atoms with Gasteiger partial charge in [-0.15, -0.1) is 0 Å². The first-order chi connectivity index (χ1) is 6.02. The Morgan fingerprint density at radius 3 is 2.08 bits per heavy atom. The predicted octanol–water partition coefficient (Wildman–Crippen LogP) is -0.000400. The second-order valence-corrected chi connectivity index (χ2v) is 5.52. The minimum absolute atomic E-state index is 0.473. The van der Waals surface area contributed by atoms with Crippen molar-refractivity contribution < 1.29 is 10.2 Å². The van der Waals surface area contributed by atoms with Crippen LogP contribution in [0, 0.1) is 11.8 Å². The molecule has 4 rings (SSSR count). The predicted molar refractivity (Wildman–Crippen MR) is 47.9 cm³/mol. The Morgan fingerprint density at radius 1 is 1.08 bits per heavy atom. The maximum absolute atomic E-state index is 10.2. The molecule has 0 amide bonds. The smallest absolute Gasteiger partial charge is 0.101 e. The average Bonchev–Trinajstić information content (AvgIpc) is 1.97. The van der Waals surface area contributed by atoms with Crippen molar-refractivity contribution in [3.8, 4) is 0 Å². The van der Waals surface area contributed by atoms with E-state index in [1.165, 1.54) is 6.42 Å². The van der Waals surface area contributed by atoms with E-state index in [1.54, 1.807) is 0 Å². The number of hydrogen-bond donors (Lipinski definition) is 3. The van der Waals surface area contributed by atoms with Gasteiger partial charge >= 0.3 is 0 Å². The quantitative estimate of drug-likeness (QED) is 0.495. The van der Waals surface area contributed by atoms with E-state index in [1.807, 2.05) is 0 Å². The molecule has 0 saturated heterocycles. The Morgan fingerprint density at radius 2 is 1.62 bits per heavy atom. The van der Waals surface area contributed by atoms with E-state index >= 15 is 0 Å². The summed E-state index contributed by atoms with van der Waals surface area (Å²) in [6.07, 6.45) is 3.88. The van der Waals surface area contributed by atoms with E-state index < -0.39 is 17.2 Å². The van der Waals surface area contributed by atoms with Crippen molar-refractivity contribution in [2.45, 2.75) is 49.3 Å². The lowest BCUT2D eigenvalue weighted by molar-refractivity contribution is -0.212. The third-order valence-electron chi connectivity index (χ3n) is 4.34. The fraction of sp³-hybridized carbons (Fsp3) is 1.00. The highest BCUT2D eigenvalue weighted by Crippen LogP contribution is 2.56. The van der Waals surface area contributed by atoms with Crippen LogP contribution in [-0.4, -0.2) is 27.5 Å². The van der Waals surface area contributed by atoms with Gasteiger partial charge in [-0.25, -0.2) is 0 Å². The largest absolute Gasteiger partial charge is 0.388 e. The summed E-state index contributed by atoms with van der Waals surface area (Å²) in [5.41, 5.74) is 4.82. The van der Waals surface area contributed by atoms with E-state index in [2.05, 4.69) is 0 Å². The Kier molecular flexibility index (Phi) is 1.33. The molecule has 0 aromatic heterocycles.